The number of hydrogen-bond acceptors (Lipinski definition) is 2. The lowest BCUT2D eigenvalue weighted by Gasteiger charge is -2.02. The van der Waals surface area contributed by atoms with Gasteiger partial charge in [0.25, 0.3) is 0 Å². The predicted octanol–water partition coefficient (Wildman–Crippen LogP) is 2.07. The highest BCUT2D eigenvalue weighted by Gasteiger charge is 2.08. The minimum absolute atomic E-state index is 0.0700. The van der Waals surface area contributed by atoms with Crippen LogP contribution < -0.4 is 0 Å². The summed E-state index contributed by atoms with van der Waals surface area (Å²) in [4.78, 5) is 11.1. The first-order valence-electron chi connectivity index (χ1n) is 3.33. The van der Waals surface area contributed by atoms with Crippen molar-refractivity contribution in [2.45, 2.75) is 4.90 Å². The quantitative estimate of drug-likeness (QED) is 0.540. The van der Waals surface area contributed by atoms with E-state index in [2.05, 4.69) is 19.2 Å². The molecule has 3 heteroatoms. The van der Waals surface area contributed by atoms with Crippen molar-refractivity contribution in [2.75, 3.05) is 0 Å². The highest BCUT2D eigenvalue weighted by molar-refractivity contribution is 7.80. The number of thiol groups is 1. The Morgan fingerprint density at radius 3 is 2.50 bits per heavy atom. The molecule has 0 bridgehead atoms. The van der Waals surface area contributed by atoms with E-state index in [1.165, 1.54) is 0 Å². The first kappa shape index (κ1) is 8.87. The van der Waals surface area contributed by atoms with E-state index in [9.17, 15) is 4.79 Å². The summed E-state index contributed by atoms with van der Waals surface area (Å²) in [5.41, 5.74) is 0.633. The minimum atomic E-state index is -1.02. The van der Waals surface area contributed by atoms with Crippen LogP contribution in [0, 0.1) is 0 Å². The summed E-state index contributed by atoms with van der Waals surface area (Å²) in [6.07, 6.45) is 0. The van der Waals surface area contributed by atoms with E-state index in [0.29, 0.717) is 10.5 Å². The van der Waals surface area contributed by atoms with Crippen LogP contribution in [0.15, 0.2) is 35.7 Å². The van der Waals surface area contributed by atoms with Gasteiger partial charge in [-0.3, -0.25) is 0 Å². The Labute approximate surface area is 75.9 Å². The topological polar surface area (TPSA) is 37.3 Å². The number of aliphatic carboxylic acids is 1. The van der Waals surface area contributed by atoms with Crippen LogP contribution in [0.5, 0.6) is 0 Å². The summed E-state index contributed by atoms with van der Waals surface area (Å²) in [5.74, 6) is -1.02. The van der Waals surface area contributed by atoms with Gasteiger partial charge in [0.2, 0.25) is 0 Å². The monoisotopic (exact) mass is 180 g/mol. The van der Waals surface area contributed by atoms with Crippen molar-refractivity contribution < 1.29 is 9.90 Å². The second-order valence-corrected chi connectivity index (χ2v) is 2.78. The standard InChI is InChI=1S/C9H8O2S/c1-6(9(10)11)7-4-2-3-5-8(7)12/h2-5,12H,1H2,(H,10,11). The van der Waals surface area contributed by atoms with Gasteiger partial charge in [0.05, 0.1) is 5.57 Å². The van der Waals surface area contributed by atoms with Gasteiger partial charge in [0.15, 0.2) is 0 Å². The molecule has 2 nitrogen and oxygen atoms in total. The van der Waals surface area contributed by atoms with Crippen LogP contribution >= 0.6 is 12.6 Å². The van der Waals surface area contributed by atoms with Crippen LogP contribution in [0.2, 0.25) is 0 Å². The van der Waals surface area contributed by atoms with E-state index in [0.717, 1.165) is 0 Å². The molecule has 0 fully saturated rings. The average Bonchev–Trinajstić information content (AvgIpc) is 2.04. The van der Waals surface area contributed by atoms with E-state index in [1.54, 1.807) is 24.3 Å². The zero-order chi connectivity index (χ0) is 9.14. The van der Waals surface area contributed by atoms with Crippen molar-refractivity contribution in [3.05, 3.63) is 36.4 Å². The van der Waals surface area contributed by atoms with Gasteiger partial charge in [-0.2, -0.15) is 0 Å². The fourth-order valence-corrected chi connectivity index (χ4v) is 1.14. The number of hydrogen-bond donors (Lipinski definition) is 2. The van der Waals surface area contributed by atoms with Crippen LogP contribution in [-0.2, 0) is 4.79 Å². The smallest absolute Gasteiger partial charge is 0.335 e. The zero-order valence-electron chi connectivity index (χ0n) is 6.32. The molecular formula is C9H8O2S. The van der Waals surface area contributed by atoms with Gasteiger partial charge in [-0.05, 0) is 6.07 Å². The van der Waals surface area contributed by atoms with Crippen molar-refractivity contribution in [2.24, 2.45) is 0 Å². The molecule has 0 saturated carbocycles. The molecule has 0 saturated heterocycles. The molecule has 0 spiro atoms. The van der Waals surface area contributed by atoms with Gasteiger partial charge in [-0.1, -0.05) is 24.8 Å². The van der Waals surface area contributed by atoms with E-state index < -0.39 is 5.97 Å². The third-order valence-electron chi connectivity index (χ3n) is 1.49. The maximum atomic E-state index is 10.5. The minimum Gasteiger partial charge on any atom is -0.478 e. The van der Waals surface area contributed by atoms with Crippen molar-refractivity contribution in [1.29, 1.82) is 0 Å². The van der Waals surface area contributed by atoms with Crippen LogP contribution in [0.3, 0.4) is 0 Å². The second kappa shape index (κ2) is 3.45. The van der Waals surface area contributed by atoms with Gasteiger partial charge >= 0.3 is 5.97 Å². The Morgan fingerprint density at radius 1 is 1.42 bits per heavy atom. The molecule has 0 aliphatic rings. The second-order valence-electron chi connectivity index (χ2n) is 2.30. The molecule has 12 heavy (non-hydrogen) atoms. The number of rotatable bonds is 2. The molecule has 0 heterocycles. The number of carboxylic acid groups (broad SMARTS) is 1. The molecule has 0 aliphatic heterocycles. The SMILES string of the molecule is C=C(C(=O)O)c1ccccc1S. The third kappa shape index (κ3) is 1.68. The molecule has 62 valence electrons. The maximum absolute atomic E-state index is 10.5. The molecular weight excluding hydrogens is 172 g/mol. The van der Waals surface area contributed by atoms with Crippen LogP contribution in [-0.4, -0.2) is 11.1 Å². The Hall–Kier alpha value is -1.22. The van der Waals surface area contributed by atoms with Crippen molar-refractivity contribution in [3.8, 4) is 0 Å². The van der Waals surface area contributed by atoms with Gasteiger partial charge in [0, 0.05) is 10.5 Å². The fourth-order valence-electron chi connectivity index (χ4n) is 0.844. The Balaban J connectivity index is 3.11. The molecule has 0 unspecified atom stereocenters. The fraction of sp³-hybridized carbons (Fsp3) is 0. The summed E-state index contributed by atoms with van der Waals surface area (Å²) in [5, 5.41) is 8.63. The molecule has 1 aromatic carbocycles. The van der Waals surface area contributed by atoms with Crippen LogP contribution in [0.1, 0.15) is 5.56 Å². The first-order valence-corrected chi connectivity index (χ1v) is 3.78. The number of carboxylic acids is 1. The highest BCUT2D eigenvalue weighted by atomic mass is 32.1. The molecule has 0 aromatic heterocycles. The van der Waals surface area contributed by atoms with Crippen molar-refractivity contribution in [3.63, 3.8) is 0 Å². The molecule has 0 radical (unpaired) electrons. The normalized spacial score (nSPS) is 9.42. The first-order chi connectivity index (χ1) is 5.63. The molecule has 1 N–H and O–H groups in total. The lowest BCUT2D eigenvalue weighted by atomic mass is 10.1. The number of benzene rings is 1. The lowest BCUT2D eigenvalue weighted by molar-refractivity contribution is -0.130. The van der Waals surface area contributed by atoms with Gasteiger partial charge in [-0.15, -0.1) is 12.6 Å². The Kier molecular flexibility index (Phi) is 2.55. The molecule has 0 atom stereocenters. The Bertz CT molecular complexity index is 331. The highest BCUT2D eigenvalue weighted by Crippen LogP contribution is 2.20. The summed E-state index contributed by atoms with van der Waals surface area (Å²) < 4.78 is 0. The van der Waals surface area contributed by atoms with E-state index in [4.69, 9.17) is 5.11 Å². The average molecular weight is 180 g/mol. The van der Waals surface area contributed by atoms with Gasteiger partial charge < -0.3 is 5.11 Å². The summed E-state index contributed by atoms with van der Waals surface area (Å²) in [6, 6.07) is 6.95. The van der Waals surface area contributed by atoms with Crippen LogP contribution in [0.4, 0.5) is 0 Å². The zero-order valence-corrected chi connectivity index (χ0v) is 7.21. The maximum Gasteiger partial charge on any atom is 0.335 e. The summed E-state index contributed by atoms with van der Waals surface area (Å²) >= 11 is 4.11. The van der Waals surface area contributed by atoms with Gasteiger partial charge in [-0.25, -0.2) is 4.79 Å². The molecule has 1 rings (SSSR count). The van der Waals surface area contributed by atoms with E-state index >= 15 is 0 Å². The third-order valence-corrected chi connectivity index (χ3v) is 1.88. The van der Waals surface area contributed by atoms with E-state index in [1.807, 2.05) is 0 Å². The van der Waals surface area contributed by atoms with Crippen molar-refractivity contribution in [1.82, 2.24) is 0 Å². The molecule has 1 aromatic rings. The lowest BCUT2D eigenvalue weighted by Crippen LogP contribution is -1.98. The summed E-state index contributed by atoms with van der Waals surface area (Å²) in [7, 11) is 0. The van der Waals surface area contributed by atoms with Crippen LogP contribution in [0.25, 0.3) is 5.57 Å². The van der Waals surface area contributed by atoms with Crippen molar-refractivity contribution >= 4 is 24.2 Å². The number of carbonyl (C=O) groups is 1. The summed E-state index contributed by atoms with van der Waals surface area (Å²) in [6.45, 7) is 3.44. The molecule has 0 aliphatic carbocycles. The predicted molar refractivity (Wildman–Crippen MR) is 50.4 cm³/mol. The largest absolute Gasteiger partial charge is 0.478 e. The van der Waals surface area contributed by atoms with Gasteiger partial charge in [0.1, 0.15) is 0 Å². The Morgan fingerprint density at radius 2 is 2.00 bits per heavy atom. The molecule has 0 amide bonds. The van der Waals surface area contributed by atoms with E-state index in [-0.39, 0.29) is 5.57 Å².